The van der Waals surface area contributed by atoms with Crippen molar-refractivity contribution in [2.24, 2.45) is 0 Å². The number of hydrogen-bond acceptors (Lipinski definition) is 4. The van der Waals surface area contributed by atoms with Crippen LogP contribution < -0.4 is 10.2 Å². The largest absolute Gasteiger partial charge is 0.315 e. The van der Waals surface area contributed by atoms with E-state index < -0.39 is 0 Å². The molecule has 7 heteroatoms. The van der Waals surface area contributed by atoms with Crippen LogP contribution in [-0.4, -0.2) is 34.0 Å². The number of para-hydroxylation sites is 1. The Labute approximate surface area is 109 Å². The van der Waals surface area contributed by atoms with Crippen molar-refractivity contribution in [3.63, 3.8) is 0 Å². The van der Waals surface area contributed by atoms with Gasteiger partial charge in [0.1, 0.15) is 6.33 Å². The molecule has 0 radical (unpaired) electrons. The van der Waals surface area contributed by atoms with Crippen LogP contribution >= 0.6 is 0 Å². The number of benzene rings is 1. The zero-order chi connectivity index (χ0) is 13.8. The summed E-state index contributed by atoms with van der Waals surface area (Å²) >= 11 is 0. The highest BCUT2D eigenvalue weighted by Gasteiger charge is 2.16. The van der Waals surface area contributed by atoms with E-state index in [-0.39, 0.29) is 17.8 Å². The van der Waals surface area contributed by atoms with E-state index in [1.54, 1.807) is 31.3 Å². The fraction of sp³-hybridized carbons (Fsp3) is 0.167. The molecule has 0 bridgehead atoms. The van der Waals surface area contributed by atoms with Crippen LogP contribution in [0.15, 0.2) is 30.6 Å². The first-order valence-electron chi connectivity index (χ1n) is 5.59. The second-order valence-electron chi connectivity index (χ2n) is 3.88. The highest BCUT2D eigenvalue weighted by atomic mass is 16.2. The van der Waals surface area contributed by atoms with Crippen LogP contribution in [0.3, 0.4) is 0 Å². The maximum atomic E-state index is 12.1. The number of rotatable bonds is 3. The Balaban J connectivity index is 2.29. The fourth-order valence-corrected chi connectivity index (χ4v) is 1.57. The van der Waals surface area contributed by atoms with Gasteiger partial charge in [0.25, 0.3) is 5.91 Å². The molecule has 1 aromatic carbocycles. The predicted octanol–water partition coefficient (Wildman–Crippen LogP) is 1.04. The third kappa shape index (κ3) is 2.76. The van der Waals surface area contributed by atoms with Crippen LogP contribution in [0.1, 0.15) is 17.3 Å². The molecule has 0 unspecified atom stereocenters. The van der Waals surface area contributed by atoms with E-state index in [9.17, 15) is 9.59 Å². The molecule has 1 aromatic heterocycles. The second kappa shape index (κ2) is 5.30. The summed E-state index contributed by atoms with van der Waals surface area (Å²) in [6.45, 7) is 1.44. The van der Waals surface area contributed by atoms with Crippen LogP contribution in [0.25, 0.3) is 0 Å². The van der Waals surface area contributed by atoms with Crippen molar-refractivity contribution in [1.29, 1.82) is 0 Å². The lowest BCUT2D eigenvalue weighted by Gasteiger charge is -2.18. The van der Waals surface area contributed by atoms with Gasteiger partial charge in [0.15, 0.2) is 0 Å². The summed E-state index contributed by atoms with van der Waals surface area (Å²) in [6.07, 6.45) is 1.29. The van der Waals surface area contributed by atoms with Crippen molar-refractivity contribution in [2.45, 2.75) is 6.92 Å². The van der Waals surface area contributed by atoms with Crippen LogP contribution in [0.2, 0.25) is 0 Å². The van der Waals surface area contributed by atoms with Crippen LogP contribution in [-0.2, 0) is 4.79 Å². The number of H-pyrrole nitrogens is 1. The Morgan fingerprint density at radius 2 is 2.05 bits per heavy atom. The summed E-state index contributed by atoms with van der Waals surface area (Å²) in [6, 6.07) is 6.84. The Kier molecular flexibility index (Phi) is 3.56. The first kappa shape index (κ1) is 12.7. The number of anilines is 2. The van der Waals surface area contributed by atoms with E-state index in [0.29, 0.717) is 11.3 Å². The quantitative estimate of drug-likeness (QED) is 0.861. The minimum Gasteiger partial charge on any atom is -0.315 e. The number of nitrogens with zero attached hydrogens (tertiary/aromatic N) is 3. The van der Waals surface area contributed by atoms with Gasteiger partial charge in [-0.15, -0.1) is 0 Å². The van der Waals surface area contributed by atoms with Gasteiger partial charge in [-0.05, 0) is 12.1 Å². The second-order valence-corrected chi connectivity index (χ2v) is 3.88. The van der Waals surface area contributed by atoms with Crippen molar-refractivity contribution in [3.8, 4) is 0 Å². The van der Waals surface area contributed by atoms with Crippen molar-refractivity contribution >= 4 is 23.5 Å². The number of aromatic amines is 1. The van der Waals surface area contributed by atoms with Crippen molar-refractivity contribution < 1.29 is 9.59 Å². The predicted molar refractivity (Wildman–Crippen MR) is 69.9 cm³/mol. The third-order valence-electron chi connectivity index (χ3n) is 2.63. The lowest BCUT2D eigenvalue weighted by atomic mass is 10.1. The molecule has 0 aliphatic rings. The fourth-order valence-electron chi connectivity index (χ4n) is 1.57. The number of aromatic nitrogens is 3. The van der Waals surface area contributed by atoms with E-state index in [4.69, 9.17) is 0 Å². The molecule has 0 spiro atoms. The Morgan fingerprint density at radius 1 is 1.32 bits per heavy atom. The molecule has 2 amide bonds. The van der Waals surface area contributed by atoms with Crippen LogP contribution in [0.5, 0.6) is 0 Å². The van der Waals surface area contributed by atoms with Gasteiger partial charge in [-0.1, -0.05) is 12.1 Å². The molecular weight excluding hydrogens is 246 g/mol. The van der Waals surface area contributed by atoms with Gasteiger partial charge >= 0.3 is 0 Å². The molecule has 19 heavy (non-hydrogen) atoms. The van der Waals surface area contributed by atoms with Crippen molar-refractivity contribution in [2.75, 3.05) is 17.3 Å². The SMILES string of the molecule is CC(=O)N(C)c1ccccc1C(=O)Nc1ncn[nH]1. The maximum absolute atomic E-state index is 12.1. The zero-order valence-electron chi connectivity index (χ0n) is 10.5. The van der Waals surface area contributed by atoms with E-state index in [1.807, 2.05) is 0 Å². The normalized spacial score (nSPS) is 10.0. The van der Waals surface area contributed by atoms with Crippen LogP contribution in [0, 0.1) is 0 Å². The van der Waals surface area contributed by atoms with E-state index >= 15 is 0 Å². The Hall–Kier alpha value is -2.70. The van der Waals surface area contributed by atoms with Crippen molar-refractivity contribution in [1.82, 2.24) is 15.2 Å². The smallest absolute Gasteiger partial charge is 0.260 e. The summed E-state index contributed by atoms with van der Waals surface area (Å²) in [5.41, 5.74) is 0.920. The number of carbonyl (C=O) groups excluding carboxylic acids is 2. The molecule has 2 rings (SSSR count). The minimum absolute atomic E-state index is 0.153. The maximum Gasteiger partial charge on any atom is 0.260 e. The summed E-state index contributed by atoms with van der Waals surface area (Å²) in [7, 11) is 1.61. The number of carbonyl (C=O) groups is 2. The number of amides is 2. The minimum atomic E-state index is -0.361. The van der Waals surface area contributed by atoms with Gasteiger partial charge in [-0.25, -0.2) is 5.10 Å². The van der Waals surface area contributed by atoms with Crippen molar-refractivity contribution in [3.05, 3.63) is 36.2 Å². The summed E-state index contributed by atoms with van der Waals surface area (Å²) in [4.78, 5) is 28.7. The molecule has 0 aliphatic carbocycles. The van der Waals surface area contributed by atoms with Gasteiger partial charge in [0.05, 0.1) is 11.3 Å². The number of nitrogens with one attached hydrogen (secondary N) is 2. The molecule has 0 saturated heterocycles. The van der Waals surface area contributed by atoms with Crippen LogP contribution in [0.4, 0.5) is 11.6 Å². The average Bonchev–Trinajstić information content (AvgIpc) is 2.90. The molecular formula is C12H13N5O2. The van der Waals surface area contributed by atoms with E-state index in [0.717, 1.165) is 0 Å². The van der Waals surface area contributed by atoms with Gasteiger partial charge in [0, 0.05) is 14.0 Å². The Bertz CT molecular complexity index is 594. The molecule has 0 atom stereocenters. The van der Waals surface area contributed by atoms with Gasteiger partial charge < -0.3 is 4.90 Å². The lowest BCUT2D eigenvalue weighted by Crippen LogP contribution is -2.26. The molecule has 98 valence electrons. The lowest BCUT2D eigenvalue weighted by molar-refractivity contribution is -0.116. The summed E-state index contributed by atoms with van der Waals surface area (Å²) in [5.74, 6) is -0.259. The topological polar surface area (TPSA) is 91.0 Å². The molecule has 0 fully saturated rings. The standard InChI is InChI=1S/C12H13N5O2/c1-8(18)17(2)10-6-4-3-5-9(10)11(19)15-12-13-7-14-16-12/h3-7H,1-2H3,(H2,13,14,15,16,19). The highest BCUT2D eigenvalue weighted by molar-refractivity contribution is 6.09. The van der Waals surface area contributed by atoms with Gasteiger partial charge in [0.2, 0.25) is 11.9 Å². The molecule has 1 heterocycles. The first-order chi connectivity index (χ1) is 9.09. The third-order valence-corrected chi connectivity index (χ3v) is 2.63. The van der Waals surface area contributed by atoms with Gasteiger partial charge in [-0.2, -0.15) is 10.1 Å². The summed E-state index contributed by atoms with van der Waals surface area (Å²) < 4.78 is 0. The molecule has 2 N–H and O–H groups in total. The average molecular weight is 259 g/mol. The number of hydrogen-bond donors (Lipinski definition) is 2. The first-order valence-corrected chi connectivity index (χ1v) is 5.59. The van der Waals surface area contributed by atoms with Gasteiger partial charge in [-0.3, -0.25) is 14.9 Å². The zero-order valence-corrected chi connectivity index (χ0v) is 10.5. The molecule has 7 nitrogen and oxygen atoms in total. The Morgan fingerprint density at radius 3 is 2.68 bits per heavy atom. The molecule has 0 aliphatic heterocycles. The highest BCUT2D eigenvalue weighted by Crippen LogP contribution is 2.20. The molecule has 2 aromatic rings. The summed E-state index contributed by atoms with van der Waals surface area (Å²) in [5, 5.41) is 8.74. The van der Waals surface area contributed by atoms with E-state index in [1.165, 1.54) is 18.2 Å². The van der Waals surface area contributed by atoms with E-state index in [2.05, 4.69) is 20.5 Å². The monoisotopic (exact) mass is 259 g/mol. The molecule has 0 saturated carbocycles.